The molecule has 2 aromatic rings. The van der Waals surface area contributed by atoms with Crippen molar-refractivity contribution in [1.29, 1.82) is 0 Å². The first-order valence-corrected chi connectivity index (χ1v) is 8.77. The van der Waals surface area contributed by atoms with Gasteiger partial charge in [-0.05, 0) is 18.6 Å². The Labute approximate surface area is 149 Å². The van der Waals surface area contributed by atoms with Crippen LogP contribution in [0.25, 0.3) is 11.4 Å². The van der Waals surface area contributed by atoms with Crippen LogP contribution in [-0.2, 0) is 11.2 Å². The van der Waals surface area contributed by atoms with Gasteiger partial charge in [0.1, 0.15) is 5.82 Å². The van der Waals surface area contributed by atoms with Gasteiger partial charge in [-0.2, -0.15) is 0 Å². The molecule has 2 heterocycles. The molecule has 0 spiro atoms. The molecule has 0 aliphatic carbocycles. The van der Waals surface area contributed by atoms with E-state index < -0.39 is 0 Å². The van der Waals surface area contributed by atoms with Crippen LogP contribution in [-0.4, -0.2) is 22.4 Å². The maximum Gasteiger partial charge on any atom is 0.224 e. The molecule has 1 atom stereocenters. The number of benzene rings is 1. The van der Waals surface area contributed by atoms with Crippen molar-refractivity contribution in [2.45, 2.75) is 19.8 Å². The number of carbonyl (C=O) groups is 1. The van der Waals surface area contributed by atoms with Gasteiger partial charge in [0.15, 0.2) is 5.82 Å². The van der Waals surface area contributed by atoms with Crippen molar-refractivity contribution in [2.24, 2.45) is 5.92 Å². The lowest BCUT2D eigenvalue weighted by molar-refractivity contribution is -0.121. The molecule has 0 saturated heterocycles. The lowest BCUT2D eigenvalue weighted by atomic mass is 10.0. The van der Waals surface area contributed by atoms with E-state index in [0.29, 0.717) is 18.8 Å². The number of carbonyl (C=O) groups excluding carboxylic acids is 1. The zero-order chi connectivity index (χ0) is 16.9. The molecule has 1 amide bonds. The highest BCUT2D eigenvalue weighted by Crippen LogP contribution is 2.21. The van der Waals surface area contributed by atoms with Crippen LogP contribution in [0.1, 0.15) is 19.0 Å². The van der Waals surface area contributed by atoms with Crippen molar-refractivity contribution in [1.82, 2.24) is 15.3 Å². The van der Waals surface area contributed by atoms with Gasteiger partial charge in [-0.3, -0.25) is 4.79 Å². The second-order valence-corrected chi connectivity index (χ2v) is 6.62. The molecule has 1 aromatic heterocycles. The van der Waals surface area contributed by atoms with Gasteiger partial charge in [-0.15, -0.1) is 0 Å². The Morgan fingerprint density at radius 2 is 2.08 bits per heavy atom. The first-order chi connectivity index (χ1) is 11.6. The number of amides is 1. The van der Waals surface area contributed by atoms with Gasteiger partial charge >= 0.3 is 0 Å². The summed E-state index contributed by atoms with van der Waals surface area (Å²) in [5.41, 5.74) is 1.97. The third kappa shape index (κ3) is 4.20. The summed E-state index contributed by atoms with van der Waals surface area (Å²) < 4.78 is 1.03. The summed E-state index contributed by atoms with van der Waals surface area (Å²) in [7, 11) is 0. The third-order valence-electron chi connectivity index (χ3n) is 3.85. The average molecular weight is 387 g/mol. The number of hydrogen-bond acceptors (Lipinski definition) is 4. The fraction of sp³-hybridized carbons (Fsp3) is 0.278. The molecule has 0 radical (unpaired) electrons. The van der Waals surface area contributed by atoms with E-state index in [2.05, 4.69) is 43.5 Å². The molecule has 5 nitrogen and oxygen atoms in total. The summed E-state index contributed by atoms with van der Waals surface area (Å²) in [6.45, 7) is 2.75. The fourth-order valence-corrected chi connectivity index (χ4v) is 2.78. The van der Waals surface area contributed by atoms with E-state index in [-0.39, 0.29) is 11.8 Å². The van der Waals surface area contributed by atoms with Gasteiger partial charge in [0.25, 0.3) is 0 Å². The third-order valence-corrected chi connectivity index (χ3v) is 4.38. The van der Waals surface area contributed by atoms with Crippen molar-refractivity contribution in [2.75, 3.05) is 11.9 Å². The Hall–Kier alpha value is -2.21. The predicted octanol–water partition coefficient (Wildman–Crippen LogP) is 3.53. The van der Waals surface area contributed by atoms with E-state index in [0.717, 1.165) is 28.0 Å². The Morgan fingerprint density at radius 1 is 1.29 bits per heavy atom. The van der Waals surface area contributed by atoms with Crippen LogP contribution < -0.4 is 10.6 Å². The first kappa shape index (κ1) is 16.6. The van der Waals surface area contributed by atoms with E-state index in [1.54, 1.807) is 6.20 Å². The summed E-state index contributed by atoms with van der Waals surface area (Å²) in [6, 6.07) is 9.92. The van der Waals surface area contributed by atoms with Crippen molar-refractivity contribution < 1.29 is 4.79 Å². The molecule has 0 bridgehead atoms. The maximum absolute atomic E-state index is 11.4. The minimum Gasteiger partial charge on any atom is -0.369 e. The molecule has 1 aliphatic rings. The molecule has 6 heteroatoms. The van der Waals surface area contributed by atoms with E-state index in [1.807, 2.05) is 36.4 Å². The molecule has 3 rings (SSSR count). The highest BCUT2D eigenvalue weighted by Gasteiger charge is 2.15. The number of hydrogen-bond donors (Lipinski definition) is 2. The van der Waals surface area contributed by atoms with E-state index in [4.69, 9.17) is 0 Å². The van der Waals surface area contributed by atoms with Crippen LogP contribution in [0.3, 0.4) is 0 Å². The molecule has 24 heavy (non-hydrogen) atoms. The van der Waals surface area contributed by atoms with Crippen LogP contribution in [0.5, 0.6) is 0 Å². The number of halogens is 1. The standard InChI is InChI=1S/C18H19BrN4O/c1-2-15-10-16(21-11-12-7-8-20-17(24)9-12)23-18(22-15)13-3-5-14(19)6-4-13/h3-8,10,12H,2,9,11H2,1H3,(H,20,24)(H,21,22,23). The normalized spacial score (nSPS) is 16.8. The number of aromatic nitrogens is 2. The number of aryl methyl sites for hydroxylation is 1. The van der Waals surface area contributed by atoms with Gasteiger partial charge in [0, 0.05) is 46.9 Å². The summed E-state index contributed by atoms with van der Waals surface area (Å²) in [5.74, 6) is 1.73. The van der Waals surface area contributed by atoms with E-state index >= 15 is 0 Å². The summed E-state index contributed by atoms with van der Waals surface area (Å²) in [4.78, 5) is 20.7. The molecule has 1 aromatic carbocycles. The Kier molecular flexibility index (Phi) is 5.25. The number of rotatable bonds is 5. The highest BCUT2D eigenvalue weighted by atomic mass is 79.9. The summed E-state index contributed by atoms with van der Waals surface area (Å²) >= 11 is 3.44. The first-order valence-electron chi connectivity index (χ1n) is 7.98. The topological polar surface area (TPSA) is 66.9 Å². The number of nitrogens with zero attached hydrogens (tertiary/aromatic N) is 2. The van der Waals surface area contributed by atoms with E-state index in [1.165, 1.54) is 0 Å². The lowest BCUT2D eigenvalue weighted by Gasteiger charge is -2.17. The van der Waals surface area contributed by atoms with Crippen molar-refractivity contribution in [3.63, 3.8) is 0 Å². The van der Waals surface area contributed by atoms with Crippen LogP contribution in [0.4, 0.5) is 5.82 Å². The number of nitrogens with one attached hydrogen (secondary N) is 2. The zero-order valence-electron chi connectivity index (χ0n) is 13.4. The van der Waals surface area contributed by atoms with Gasteiger partial charge in [-0.25, -0.2) is 9.97 Å². The highest BCUT2D eigenvalue weighted by molar-refractivity contribution is 9.10. The molecule has 1 unspecified atom stereocenters. The Balaban J connectivity index is 1.78. The van der Waals surface area contributed by atoms with Gasteiger partial charge in [-0.1, -0.05) is 41.1 Å². The molecule has 2 N–H and O–H groups in total. The summed E-state index contributed by atoms with van der Waals surface area (Å²) in [5, 5.41) is 6.03. The van der Waals surface area contributed by atoms with Crippen LogP contribution in [0.15, 0.2) is 47.1 Å². The van der Waals surface area contributed by atoms with Crippen LogP contribution >= 0.6 is 15.9 Å². The SMILES string of the molecule is CCc1cc(NCC2C=CNC(=O)C2)nc(-c2ccc(Br)cc2)n1. The molecule has 1 aliphatic heterocycles. The van der Waals surface area contributed by atoms with Crippen LogP contribution in [0.2, 0.25) is 0 Å². The predicted molar refractivity (Wildman–Crippen MR) is 98.4 cm³/mol. The van der Waals surface area contributed by atoms with Crippen molar-refractivity contribution >= 4 is 27.7 Å². The minimum absolute atomic E-state index is 0.0526. The van der Waals surface area contributed by atoms with Gasteiger partial charge in [0.2, 0.25) is 5.91 Å². The molecule has 0 fully saturated rings. The lowest BCUT2D eigenvalue weighted by Crippen LogP contribution is -2.28. The quantitative estimate of drug-likeness (QED) is 0.824. The Bertz CT molecular complexity index is 758. The smallest absolute Gasteiger partial charge is 0.224 e. The molecule has 0 saturated carbocycles. The van der Waals surface area contributed by atoms with Gasteiger partial charge < -0.3 is 10.6 Å². The van der Waals surface area contributed by atoms with Crippen molar-refractivity contribution in [3.05, 3.63) is 52.8 Å². The second kappa shape index (κ2) is 7.57. The monoisotopic (exact) mass is 386 g/mol. The van der Waals surface area contributed by atoms with Crippen LogP contribution in [0, 0.1) is 5.92 Å². The summed E-state index contributed by atoms with van der Waals surface area (Å²) in [6.07, 6.45) is 5.05. The molecule has 124 valence electrons. The largest absolute Gasteiger partial charge is 0.369 e. The number of anilines is 1. The fourth-order valence-electron chi connectivity index (χ4n) is 2.52. The zero-order valence-corrected chi connectivity index (χ0v) is 15.0. The van der Waals surface area contributed by atoms with Crippen molar-refractivity contribution in [3.8, 4) is 11.4 Å². The maximum atomic E-state index is 11.4. The van der Waals surface area contributed by atoms with Gasteiger partial charge in [0.05, 0.1) is 0 Å². The average Bonchev–Trinajstić information content (AvgIpc) is 2.60. The molecular weight excluding hydrogens is 368 g/mol. The van der Waals surface area contributed by atoms with E-state index in [9.17, 15) is 4.79 Å². The second-order valence-electron chi connectivity index (χ2n) is 5.70. The molecular formula is C18H19BrN4O. The Morgan fingerprint density at radius 3 is 2.79 bits per heavy atom. The minimum atomic E-state index is 0.0526.